The average molecular weight is 418 g/mol. The summed E-state index contributed by atoms with van der Waals surface area (Å²) in [6.07, 6.45) is 4.29. The van der Waals surface area contributed by atoms with Gasteiger partial charge in [0.15, 0.2) is 0 Å². The zero-order valence-electron chi connectivity index (χ0n) is 17.6. The van der Waals surface area contributed by atoms with Crippen molar-refractivity contribution in [2.75, 3.05) is 7.11 Å². The fourth-order valence-corrected chi connectivity index (χ4v) is 5.32. The van der Waals surface area contributed by atoms with Crippen LogP contribution in [0.2, 0.25) is 0 Å². The van der Waals surface area contributed by atoms with Crippen LogP contribution in [0.4, 0.5) is 0 Å². The van der Waals surface area contributed by atoms with Crippen molar-refractivity contribution >= 4 is 5.97 Å². The molecular formula is C26H27NO4. The van der Waals surface area contributed by atoms with E-state index in [4.69, 9.17) is 13.9 Å². The van der Waals surface area contributed by atoms with Gasteiger partial charge in [-0.2, -0.15) is 0 Å². The van der Waals surface area contributed by atoms with Gasteiger partial charge in [0.25, 0.3) is 0 Å². The molecule has 2 aromatic carbocycles. The lowest BCUT2D eigenvalue weighted by Crippen LogP contribution is -2.52. The van der Waals surface area contributed by atoms with Gasteiger partial charge in [-0.05, 0) is 43.0 Å². The summed E-state index contributed by atoms with van der Waals surface area (Å²) in [5.41, 5.74) is 2.39. The summed E-state index contributed by atoms with van der Waals surface area (Å²) in [4.78, 5) is 15.4. The van der Waals surface area contributed by atoms with Gasteiger partial charge >= 0.3 is 5.97 Å². The highest BCUT2D eigenvalue weighted by molar-refractivity contribution is 5.86. The maximum atomic E-state index is 12.9. The number of nitrogens with zero attached hydrogens (tertiary/aromatic N) is 1. The van der Waals surface area contributed by atoms with Crippen molar-refractivity contribution in [1.82, 2.24) is 4.90 Å². The number of hydrogen-bond donors (Lipinski definition) is 0. The number of hydrogen-bond acceptors (Lipinski definition) is 5. The summed E-state index contributed by atoms with van der Waals surface area (Å²) >= 11 is 0. The fraction of sp³-hybridized carbons (Fsp3) is 0.346. The van der Waals surface area contributed by atoms with E-state index in [0.717, 1.165) is 37.1 Å². The SMILES string of the molecule is COc1ccccc1[C@H]1C[C@@H]2CC[C@@H]([C@@H]1OC(=O)c1ccco1)N2Cc1ccccc1. The Kier molecular flexibility index (Phi) is 5.51. The predicted molar refractivity (Wildman–Crippen MR) is 117 cm³/mol. The number of methoxy groups -OCH3 is 1. The number of para-hydroxylation sites is 1. The lowest BCUT2D eigenvalue weighted by Gasteiger charge is -2.44. The van der Waals surface area contributed by atoms with Crippen LogP contribution in [0, 0.1) is 0 Å². The number of rotatable bonds is 6. The minimum Gasteiger partial charge on any atom is -0.496 e. The predicted octanol–water partition coefficient (Wildman–Crippen LogP) is 5.03. The molecule has 0 N–H and O–H groups in total. The number of piperidine rings is 1. The quantitative estimate of drug-likeness (QED) is 0.526. The van der Waals surface area contributed by atoms with Crippen LogP contribution >= 0.6 is 0 Å². The number of carbonyl (C=O) groups excluding carboxylic acids is 1. The fourth-order valence-electron chi connectivity index (χ4n) is 5.32. The van der Waals surface area contributed by atoms with Crippen LogP contribution in [0.5, 0.6) is 5.75 Å². The molecule has 2 aliphatic rings. The van der Waals surface area contributed by atoms with Crippen molar-refractivity contribution in [2.24, 2.45) is 0 Å². The van der Waals surface area contributed by atoms with Gasteiger partial charge in [0.1, 0.15) is 11.9 Å². The third kappa shape index (κ3) is 3.86. The molecule has 0 saturated carbocycles. The summed E-state index contributed by atoms with van der Waals surface area (Å²) in [6, 6.07) is 22.6. The Morgan fingerprint density at radius 1 is 1.03 bits per heavy atom. The van der Waals surface area contributed by atoms with Crippen LogP contribution in [0.1, 0.15) is 46.9 Å². The van der Waals surface area contributed by atoms with Crippen LogP contribution in [-0.2, 0) is 11.3 Å². The van der Waals surface area contributed by atoms with Crippen molar-refractivity contribution in [1.29, 1.82) is 0 Å². The summed E-state index contributed by atoms with van der Waals surface area (Å²) < 4.78 is 17.1. The smallest absolute Gasteiger partial charge is 0.374 e. The van der Waals surface area contributed by atoms with Gasteiger partial charge in [-0.15, -0.1) is 0 Å². The van der Waals surface area contributed by atoms with Gasteiger partial charge in [0.05, 0.1) is 13.4 Å². The summed E-state index contributed by atoms with van der Waals surface area (Å²) in [5, 5.41) is 0. The number of furan rings is 1. The number of benzene rings is 2. The van der Waals surface area contributed by atoms with Gasteiger partial charge < -0.3 is 13.9 Å². The molecule has 0 unspecified atom stereocenters. The molecular weight excluding hydrogens is 390 g/mol. The van der Waals surface area contributed by atoms with Gasteiger partial charge in [0.2, 0.25) is 5.76 Å². The molecule has 5 rings (SSSR count). The van der Waals surface area contributed by atoms with E-state index < -0.39 is 5.97 Å². The number of carbonyl (C=O) groups is 1. The van der Waals surface area contributed by atoms with Crippen molar-refractivity contribution in [2.45, 2.75) is 49.9 Å². The molecule has 1 aromatic heterocycles. The Hall–Kier alpha value is -3.05. The van der Waals surface area contributed by atoms with E-state index in [1.807, 2.05) is 24.3 Å². The Bertz CT molecular complexity index is 1020. The van der Waals surface area contributed by atoms with Crippen LogP contribution in [0.25, 0.3) is 0 Å². The Labute approximate surface area is 182 Å². The molecule has 0 aliphatic carbocycles. The lowest BCUT2D eigenvalue weighted by molar-refractivity contribution is -0.0364. The normalized spacial score (nSPS) is 25.3. The Morgan fingerprint density at radius 3 is 2.61 bits per heavy atom. The maximum absolute atomic E-state index is 12.9. The molecule has 160 valence electrons. The van der Waals surface area contributed by atoms with Crippen molar-refractivity contribution in [3.8, 4) is 5.75 Å². The minimum absolute atomic E-state index is 0.0829. The number of ether oxygens (including phenoxy) is 2. The summed E-state index contributed by atoms with van der Waals surface area (Å²) in [5.74, 6) is 0.774. The van der Waals surface area contributed by atoms with E-state index in [0.29, 0.717) is 6.04 Å². The molecule has 31 heavy (non-hydrogen) atoms. The monoisotopic (exact) mass is 417 g/mol. The first kappa shape index (κ1) is 19.9. The molecule has 2 bridgehead atoms. The van der Waals surface area contributed by atoms with E-state index in [-0.39, 0.29) is 23.8 Å². The molecule has 2 aliphatic heterocycles. The van der Waals surface area contributed by atoms with Crippen LogP contribution in [0.3, 0.4) is 0 Å². The van der Waals surface area contributed by atoms with Gasteiger partial charge in [-0.25, -0.2) is 4.79 Å². The van der Waals surface area contributed by atoms with Crippen LogP contribution in [0.15, 0.2) is 77.4 Å². The largest absolute Gasteiger partial charge is 0.496 e. The highest BCUT2D eigenvalue weighted by Crippen LogP contribution is 2.47. The van der Waals surface area contributed by atoms with Gasteiger partial charge in [-0.1, -0.05) is 48.5 Å². The van der Waals surface area contributed by atoms with E-state index in [9.17, 15) is 4.79 Å². The van der Waals surface area contributed by atoms with E-state index >= 15 is 0 Å². The van der Waals surface area contributed by atoms with E-state index in [1.165, 1.54) is 11.8 Å². The molecule has 4 atom stereocenters. The third-order valence-corrected chi connectivity index (χ3v) is 6.70. The molecule has 0 radical (unpaired) electrons. The van der Waals surface area contributed by atoms with Crippen molar-refractivity contribution in [3.05, 3.63) is 89.9 Å². The standard InChI is InChI=1S/C26H27NO4/c1-29-23-11-6-5-10-20(23)21-16-19-13-14-22(27(19)17-18-8-3-2-4-9-18)25(21)31-26(28)24-12-7-15-30-24/h2-12,15,19,21-22,25H,13-14,16-17H2,1H3/t19-,21+,22-,25+/m0/s1. The molecule has 2 fully saturated rings. The second-order valence-electron chi connectivity index (χ2n) is 8.39. The summed E-state index contributed by atoms with van der Waals surface area (Å²) in [7, 11) is 1.70. The first-order chi connectivity index (χ1) is 15.2. The molecule has 0 amide bonds. The highest BCUT2D eigenvalue weighted by atomic mass is 16.6. The topological polar surface area (TPSA) is 51.9 Å². The molecule has 3 heterocycles. The van der Waals surface area contributed by atoms with Crippen LogP contribution < -0.4 is 4.74 Å². The Morgan fingerprint density at radius 2 is 1.84 bits per heavy atom. The molecule has 0 spiro atoms. The number of fused-ring (bicyclic) bond motifs is 2. The first-order valence-corrected chi connectivity index (χ1v) is 10.9. The summed E-state index contributed by atoms with van der Waals surface area (Å²) in [6.45, 7) is 0.865. The molecule has 5 heteroatoms. The highest BCUT2D eigenvalue weighted by Gasteiger charge is 2.50. The lowest BCUT2D eigenvalue weighted by atomic mass is 9.81. The van der Waals surface area contributed by atoms with Crippen LogP contribution in [-0.4, -0.2) is 36.2 Å². The molecule has 5 nitrogen and oxygen atoms in total. The average Bonchev–Trinajstić information content (AvgIpc) is 3.44. The Balaban J connectivity index is 1.48. The minimum atomic E-state index is -0.403. The van der Waals surface area contributed by atoms with Gasteiger partial charge in [-0.3, -0.25) is 4.90 Å². The van der Waals surface area contributed by atoms with Crippen molar-refractivity contribution in [3.63, 3.8) is 0 Å². The maximum Gasteiger partial charge on any atom is 0.374 e. The third-order valence-electron chi connectivity index (χ3n) is 6.70. The zero-order valence-corrected chi connectivity index (χ0v) is 17.6. The second-order valence-corrected chi connectivity index (χ2v) is 8.39. The number of esters is 1. The van der Waals surface area contributed by atoms with Crippen molar-refractivity contribution < 1.29 is 18.7 Å². The molecule has 2 saturated heterocycles. The second kappa shape index (κ2) is 8.60. The van der Waals surface area contributed by atoms with E-state index in [2.05, 4.69) is 35.2 Å². The first-order valence-electron chi connectivity index (χ1n) is 10.9. The van der Waals surface area contributed by atoms with E-state index in [1.54, 1.807) is 19.2 Å². The zero-order chi connectivity index (χ0) is 21.2. The van der Waals surface area contributed by atoms with Gasteiger partial charge in [0, 0.05) is 30.1 Å². The molecule has 3 aromatic rings.